The molecule has 9 heteroatoms. The lowest BCUT2D eigenvalue weighted by Gasteiger charge is -2.20. The summed E-state index contributed by atoms with van der Waals surface area (Å²) in [6.45, 7) is 3.08. The number of rotatable bonds is 4. The standard InChI is InChI=1S/C23H23FN6OS/c1-13-17(24)7-6-16-18(13)27-28-19(16)22-26-20(21(32-22)14-5-4-9-25-11-14)23(31)30-10-8-15(12-30)29(2)3/h4-7,9,11,15H,8,10,12H2,1-3H3,(H,27,28). The maximum Gasteiger partial charge on any atom is 0.274 e. The van der Waals surface area contributed by atoms with E-state index in [0.717, 1.165) is 22.2 Å². The average molecular weight is 451 g/mol. The van der Waals surface area contributed by atoms with E-state index in [1.54, 1.807) is 25.4 Å². The molecule has 1 fully saturated rings. The number of aromatic nitrogens is 4. The summed E-state index contributed by atoms with van der Waals surface area (Å²) in [5.41, 5.74) is 2.99. The summed E-state index contributed by atoms with van der Waals surface area (Å²) in [7, 11) is 4.07. The zero-order valence-electron chi connectivity index (χ0n) is 18.1. The van der Waals surface area contributed by atoms with Gasteiger partial charge < -0.3 is 9.80 Å². The van der Waals surface area contributed by atoms with Gasteiger partial charge in [-0.3, -0.25) is 14.9 Å². The first-order valence-electron chi connectivity index (χ1n) is 10.4. The highest BCUT2D eigenvalue weighted by Gasteiger charge is 2.32. The van der Waals surface area contributed by atoms with Crippen molar-refractivity contribution >= 4 is 28.1 Å². The van der Waals surface area contributed by atoms with Crippen molar-refractivity contribution in [3.63, 3.8) is 0 Å². The zero-order chi connectivity index (χ0) is 22.4. The molecule has 4 aromatic rings. The molecule has 1 amide bonds. The number of amides is 1. The van der Waals surface area contributed by atoms with Gasteiger partial charge in [0.05, 0.1) is 10.4 Å². The van der Waals surface area contributed by atoms with Crippen LogP contribution in [0.2, 0.25) is 0 Å². The summed E-state index contributed by atoms with van der Waals surface area (Å²) in [4.78, 5) is 27.3. The Morgan fingerprint density at radius 1 is 1.31 bits per heavy atom. The zero-order valence-corrected chi connectivity index (χ0v) is 18.9. The molecule has 0 radical (unpaired) electrons. The number of nitrogens with one attached hydrogen (secondary N) is 1. The van der Waals surface area contributed by atoms with Gasteiger partial charge in [-0.1, -0.05) is 6.07 Å². The number of fused-ring (bicyclic) bond motifs is 1. The van der Waals surface area contributed by atoms with E-state index in [1.165, 1.54) is 17.4 Å². The smallest absolute Gasteiger partial charge is 0.274 e. The number of aryl methyl sites for hydroxylation is 1. The molecule has 1 aliphatic rings. The fourth-order valence-corrected chi connectivity index (χ4v) is 5.17. The van der Waals surface area contributed by atoms with E-state index in [2.05, 4.69) is 20.1 Å². The van der Waals surface area contributed by atoms with Gasteiger partial charge in [-0.05, 0) is 45.6 Å². The third-order valence-electron chi connectivity index (χ3n) is 6.06. The second-order valence-electron chi connectivity index (χ2n) is 8.26. The molecule has 1 aliphatic heterocycles. The van der Waals surface area contributed by atoms with Crippen molar-refractivity contribution in [2.75, 3.05) is 27.2 Å². The van der Waals surface area contributed by atoms with Crippen molar-refractivity contribution in [1.82, 2.24) is 30.0 Å². The molecule has 7 nitrogen and oxygen atoms in total. The number of nitrogens with zero attached hydrogens (tertiary/aromatic N) is 5. The minimum atomic E-state index is -0.300. The topological polar surface area (TPSA) is 78.0 Å². The Bertz CT molecular complexity index is 1300. The molecule has 0 bridgehead atoms. The Hall–Kier alpha value is -3.17. The molecule has 4 heterocycles. The van der Waals surface area contributed by atoms with E-state index >= 15 is 0 Å². The molecule has 0 spiro atoms. The van der Waals surface area contributed by atoms with Crippen molar-refractivity contribution in [1.29, 1.82) is 0 Å². The van der Waals surface area contributed by atoms with E-state index in [1.807, 2.05) is 31.1 Å². The van der Waals surface area contributed by atoms with Gasteiger partial charge in [0.25, 0.3) is 5.91 Å². The number of likely N-dealkylation sites (N-methyl/N-ethyl adjacent to an activating group) is 1. The van der Waals surface area contributed by atoms with Gasteiger partial charge >= 0.3 is 0 Å². The Morgan fingerprint density at radius 2 is 2.16 bits per heavy atom. The summed E-state index contributed by atoms with van der Waals surface area (Å²) in [6.07, 6.45) is 4.38. The lowest BCUT2D eigenvalue weighted by molar-refractivity contribution is 0.0779. The third-order valence-corrected chi connectivity index (χ3v) is 7.18. The number of carbonyl (C=O) groups is 1. The molecule has 3 aromatic heterocycles. The molecule has 1 aromatic carbocycles. The molecular weight excluding hydrogens is 427 g/mol. The van der Waals surface area contributed by atoms with Crippen molar-refractivity contribution in [3.05, 3.63) is 53.7 Å². The van der Waals surface area contributed by atoms with Gasteiger partial charge in [-0.2, -0.15) is 5.10 Å². The second kappa shape index (κ2) is 8.07. The predicted octanol–water partition coefficient (Wildman–Crippen LogP) is 3.97. The van der Waals surface area contributed by atoms with Crippen LogP contribution in [0.25, 0.3) is 32.0 Å². The molecule has 0 aliphatic carbocycles. The quantitative estimate of drug-likeness (QED) is 0.509. The summed E-state index contributed by atoms with van der Waals surface area (Å²) < 4.78 is 14.0. The van der Waals surface area contributed by atoms with Gasteiger partial charge in [0, 0.05) is 48.0 Å². The Morgan fingerprint density at radius 3 is 2.88 bits per heavy atom. The summed E-state index contributed by atoms with van der Waals surface area (Å²) in [5, 5.41) is 8.74. The van der Waals surface area contributed by atoms with E-state index in [9.17, 15) is 9.18 Å². The number of aromatic amines is 1. The van der Waals surface area contributed by atoms with Crippen LogP contribution in [0.5, 0.6) is 0 Å². The van der Waals surface area contributed by atoms with Crippen LogP contribution in [0.1, 0.15) is 22.5 Å². The molecule has 0 saturated carbocycles. The molecule has 32 heavy (non-hydrogen) atoms. The Kier molecular flexibility index (Phi) is 5.22. The number of H-pyrrole nitrogens is 1. The van der Waals surface area contributed by atoms with Crippen LogP contribution < -0.4 is 0 Å². The monoisotopic (exact) mass is 450 g/mol. The lowest BCUT2D eigenvalue weighted by atomic mass is 10.1. The van der Waals surface area contributed by atoms with Crippen molar-refractivity contribution in [3.8, 4) is 21.1 Å². The molecule has 1 N–H and O–H groups in total. The number of carbonyl (C=O) groups excluding carboxylic acids is 1. The van der Waals surface area contributed by atoms with Crippen LogP contribution in [0.15, 0.2) is 36.7 Å². The van der Waals surface area contributed by atoms with Crippen molar-refractivity contribution in [2.24, 2.45) is 0 Å². The number of pyridine rings is 1. The van der Waals surface area contributed by atoms with Crippen molar-refractivity contribution < 1.29 is 9.18 Å². The Balaban J connectivity index is 1.60. The highest BCUT2D eigenvalue weighted by atomic mass is 32.1. The fraction of sp³-hybridized carbons (Fsp3) is 0.304. The first kappa shape index (κ1) is 20.7. The molecule has 164 valence electrons. The third kappa shape index (κ3) is 3.47. The second-order valence-corrected chi connectivity index (χ2v) is 9.26. The van der Waals surface area contributed by atoms with Crippen LogP contribution in [-0.4, -0.2) is 69.1 Å². The minimum absolute atomic E-state index is 0.0817. The van der Waals surface area contributed by atoms with Crippen molar-refractivity contribution in [2.45, 2.75) is 19.4 Å². The number of benzene rings is 1. The van der Waals surface area contributed by atoms with Gasteiger partial charge in [0.1, 0.15) is 22.2 Å². The van der Waals surface area contributed by atoms with E-state index in [-0.39, 0.29) is 11.7 Å². The van der Waals surface area contributed by atoms with Crippen LogP contribution in [-0.2, 0) is 0 Å². The average Bonchev–Trinajstić information content (AvgIpc) is 3.54. The van der Waals surface area contributed by atoms with E-state index in [4.69, 9.17) is 4.98 Å². The summed E-state index contributed by atoms with van der Waals surface area (Å²) in [5.74, 6) is -0.382. The highest BCUT2D eigenvalue weighted by molar-refractivity contribution is 7.18. The molecule has 1 saturated heterocycles. The normalized spacial score (nSPS) is 16.4. The van der Waals surface area contributed by atoms with E-state index < -0.39 is 0 Å². The number of thiazole rings is 1. The summed E-state index contributed by atoms with van der Waals surface area (Å²) >= 11 is 1.42. The Labute approximate surface area is 188 Å². The highest BCUT2D eigenvalue weighted by Crippen LogP contribution is 2.38. The van der Waals surface area contributed by atoms with Gasteiger partial charge in [0.15, 0.2) is 0 Å². The largest absolute Gasteiger partial charge is 0.336 e. The van der Waals surface area contributed by atoms with Gasteiger partial charge in [0.2, 0.25) is 0 Å². The minimum Gasteiger partial charge on any atom is -0.336 e. The molecule has 1 atom stereocenters. The van der Waals surface area contributed by atoms with Crippen LogP contribution in [0.3, 0.4) is 0 Å². The van der Waals surface area contributed by atoms with Crippen LogP contribution in [0.4, 0.5) is 4.39 Å². The lowest BCUT2D eigenvalue weighted by Crippen LogP contribution is -2.34. The van der Waals surface area contributed by atoms with Gasteiger partial charge in [-0.25, -0.2) is 9.37 Å². The number of likely N-dealkylation sites (tertiary alicyclic amines) is 1. The molecule has 5 rings (SSSR count). The molecule has 1 unspecified atom stereocenters. The first-order chi connectivity index (χ1) is 15.4. The fourth-order valence-electron chi connectivity index (χ4n) is 4.12. The van der Waals surface area contributed by atoms with E-state index in [0.29, 0.717) is 46.6 Å². The number of halogens is 1. The molecular formula is C23H23FN6OS. The van der Waals surface area contributed by atoms with Crippen LogP contribution in [0, 0.1) is 12.7 Å². The number of hydrogen-bond acceptors (Lipinski definition) is 6. The van der Waals surface area contributed by atoms with Gasteiger partial charge in [-0.15, -0.1) is 11.3 Å². The maximum absolute atomic E-state index is 14.0. The SMILES string of the molecule is Cc1c(F)ccc2c(-c3nc(C(=O)N4CCC(N(C)C)C4)c(-c4cccnc4)s3)[nH]nc12. The number of hydrogen-bond donors (Lipinski definition) is 1. The first-order valence-corrected chi connectivity index (χ1v) is 11.3. The predicted molar refractivity (Wildman–Crippen MR) is 123 cm³/mol. The summed E-state index contributed by atoms with van der Waals surface area (Å²) in [6, 6.07) is 7.25. The maximum atomic E-state index is 14.0. The van der Waals surface area contributed by atoms with Crippen LogP contribution >= 0.6 is 11.3 Å².